The molecule has 0 unspecified atom stereocenters. The molecule has 0 bridgehead atoms. The number of benzene rings is 1. The van der Waals surface area contributed by atoms with E-state index in [1.807, 2.05) is 36.1 Å². The van der Waals surface area contributed by atoms with Crippen molar-refractivity contribution in [2.24, 2.45) is 11.8 Å². The summed E-state index contributed by atoms with van der Waals surface area (Å²) in [5, 5.41) is 10.5. The number of likely N-dealkylation sites (tertiary alicyclic amines) is 1. The smallest absolute Gasteiger partial charge is 0.256 e. The first-order valence-corrected chi connectivity index (χ1v) is 12.8. The van der Waals surface area contributed by atoms with Crippen molar-refractivity contribution in [1.29, 1.82) is 0 Å². The summed E-state index contributed by atoms with van der Waals surface area (Å²) in [4.78, 5) is 35.3. The van der Waals surface area contributed by atoms with E-state index < -0.39 is 6.10 Å². The van der Waals surface area contributed by atoms with Crippen LogP contribution >= 0.6 is 0 Å². The average molecular weight is 479 g/mol. The summed E-state index contributed by atoms with van der Waals surface area (Å²) < 4.78 is 0. The van der Waals surface area contributed by atoms with E-state index in [2.05, 4.69) is 9.88 Å². The Morgan fingerprint density at radius 1 is 1.03 bits per heavy atom. The van der Waals surface area contributed by atoms with Gasteiger partial charge >= 0.3 is 0 Å². The summed E-state index contributed by atoms with van der Waals surface area (Å²) in [6.07, 6.45) is 6.16. The molecule has 2 aliphatic heterocycles. The monoisotopic (exact) mass is 478 g/mol. The fourth-order valence-corrected chi connectivity index (χ4v) is 5.39. The van der Waals surface area contributed by atoms with Crippen molar-refractivity contribution in [1.82, 2.24) is 14.8 Å². The molecule has 7 nitrogen and oxygen atoms in total. The second kappa shape index (κ2) is 11.2. The summed E-state index contributed by atoms with van der Waals surface area (Å²) in [7, 11) is 3.52. The predicted octanol–water partition coefficient (Wildman–Crippen LogP) is 3.67. The fraction of sp³-hybridized carbons (Fsp3) is 0.536. The molecule has 0 saturated carbocycles. The van der Waals surface area contributed by atoms with Crippen LogP contribution in [0.25, 0.3) is 0 Å². The summed E-state index contributed by atoms with van der Waals surface area (Å²) in [6.45, 7) is 5.41. The van der Waals surface area contributed by atoms with Crippen LogP contribution in [0.3, 0.4) is 0 Å². The first-order chi connectivity index (χ1) is 16.8. The lowest BCUT2D eigenvalue weighted by atomic mass is 9.82. The number of carbonyl (C=O) groups is 2. The number of nitrogens with zero attached hydrogens (tertiary/aromatic N) is 4. The molecule has 2 aromatic rings. The van der Waals surface area contributed by atoms with Crippen LogP contribution in [0, 0.1) is 18.8 Å². The second-order valence-corrected chi connectivity index (χ2v) is 10.3. The molecule has 1 atom stereocenters. The van der Waals surface area contributed by atoms with Gasteiger partial charge in [-0.15, -0.1) is 0 Å². The Bertz CT molecular complexity index is 1010. The Balaban J connectivity index is 1.23. The number of rotatable bonds is 6. The van der Waals surface area contributed by atoms with Gasteiger partial charge in [-0.2, -0.15) is 0 Å². The van der Waals surface area contributed by atoms with Crippen LogP contribution in [0.1, 0.15) is 59.7 Å². The standard InChI is InChI=1S/C28H38N4O3/c1-20-17-25(29-19-24(20)27(34)30(2)3)31-13-9-21(10-14-31)18-22-11-15-32(16-12-22)28(35)26(33)23-7-5-4-6-8-23/h4-8,17,19,21-22,26,33H,9-16,18H2,1-3H3/t26-/m1/s1. The number of aliphatic hydroxyl groups is 1. The van der Waals surface area contributed by atoms with Crippen LogP contribution in [0.2, 0.25) is 0 Å². The molecule has 2 fully saturated rings. The zero-order valence-electron chi connectivity index (χ0n) is 21.2. The number of hydrogen-bond donors (Lipinski definition) is 1. The molecule has 2 amide bonds. The van der Waals surface area contributed by atoms with Crippen LogP contribution in [0.5, 0.6) is 0 Å². The predicted molar refractivity (Wildman–Crippen MR) is 137 cm³/mol. The van der Waals surface area contributed by atoms with E-state index in [1.54, 1.807) is 37.3 Å². The Hall–Kier alpha value is -2.93. The van der Waals surface area contributed by atoms with Crippen molar-refractivity contribution in [3.05, 3.63) is 59.3 Å². The zero-order valence-corrected chi connectivity index (χ0v) is 21.2. The Kier molecular flexibility index (Phi) is 8.06. The highest BCUT2D eigenvalue weighted by atomic mass is 16.3. The van der Waals surface area contributed by atoms with Gasteiger partial charge in [0.2, 0.25) is 0 Å². The van der Waals surface area contributed by atoms with Crippen LogP contribution in [-0.4, -0.2) is 72.0 Å². The first kappa shape index (κ1) is 25.2. The largest absolute Gasteiger partial charge is 0.378 e. The van der Waals surface area contributed by atoms with Gasteiger partial charge in [0.15, 0.2) is 6.10 Å². The van der Waals surface area contributed by atoms with Crippen molar-refractivity contribution < 1.29 is 14.7 Å². The highest BCUT2D eigenvalue weighted by Crippen LogP contribution is 2.32. The minimum Gasteiger partial charge on any atom is -0.378 e. The molecule has 1 N–H and O–H groups in total. The van der Waals surface area contributed by atoms with E-state index in [0.29, 0.717) is 23.0 Å². The Morgan fingerprint density at radius 3 is 2.20 bits per heavy atom. The molecule has 2 aliphatic rings. The van der Waals surface area contributed by atoms with Crippen LogP contribution in [-0.2, 0) is 4.79 Å². The molecule has 188 valence electrons. The molecule has 3 heterocycles. The molecule has 0 radical (unpaired) electrons. The number of amides is 2. The molecule has 35 heavy (non-hydrogen) atoms. The number of anilines is 1. The van der Waals surface area contributed by atoms with Crippen LogP contribution in [0.4, 0.5) is 5.82 Å². The summed E-state index contributed by atoms with van der Waals surface area (Å²) in [5.41, 5.74) is 2.29. The molecule has 2 saturated heterocycles. The molecular weight excluding hydrogens is 440 g/mol. The van der Waals surface area contributed by atoms with Gasteiger partial charge in [-0.3, -0.25) is 9.59 Å². The number of carbonyl (C=O) groups excluding carboxylic acids is 2. The van der Waals surface area contributed by atoms with Crippen molar-refractivity contribution in [2.75, 3.05) is 45.2 Å². The van der Waals surface area contributed by atoms with Crippen LogP contribution in [0.15, 0.2) is 42.6 Å². The highest BCUT2D eigenvalue weighted by molar-refractivity contribution is 5.95. The number of aliphatic hydroxyl groups excluding tert-OH is 1. The number of piperidine rings is 2. The van der Waals surface area contributed by atoms with Crippen LogP contribution < -0.4 is 4.90 Å². The molecule has 0 aliphatic carbocycles. The molecular formula is C28H38N4O3. The second-order valence-electron chi connectivity index (χ2n) is 10.3. The fourth-order valence-electron chi connectivity index (χ4n) is 5.39. The van der Waals surface area contributed by atoms with E-state index in [4.69, 9.17) is 0 Å². The Morgan fingerprint density at radius 2 is 1.63 bits per heavy atom. The zero-order chi connectivity index (χ0) is 24.9. The van der Waals surface area contributed by atoms with E-state index in [9.17, 15) is 14.7 Å². The third kappa shape index (κ3) is 6.01. The Labute approximate surface area is 208 Å². The number of hydrogen-bond acceptors (Lipinski definition) is 5. The van der Waals surface area contributed by atoms with Gasteiger partial charge in [0.25, 0.3) is 11.8 Å². The lowest BCUT2D eigenvalue weighted by Crippen LogP contribution is -2.42. The van der Waals surface area contributed by atoms with Gasteiger partial charge in [0.1, 0.15) is 5.82 Å². The van der Waals surface area contributed by atoms with Gasteiger partial charge in [-0.25, -0.2) is 4.98 Å². The van der Waals surface area contributed by atoms with Gasteiger partial charge in [-0.1, -0.05) is 30.3 Å². The molecule has 1 aromatic heterocycles. The topological polar surface area (TPSA) is 77.0 Å². The lowest BCUT2D eigenvalue weighted by molar-refractivity contribution is -0.142. The van der Waals surface area contributed by atoms with E-state index in [-0.39, 0.29) is 11.8 Å². The molecule has 0 spiro atoms. The van der Waals surface area contributed by atoms with Crippen molar-refractivity contribution in [3.8, 4) is 0 Å². The van der Waals surface area contributed by atoms with E-state index in [1.165, 1.54) is 6.42 Å². The molecule has 4 rings (SSSR count). The quantitative estimate of drug-likeness (QED) is 0.686. The van der Waals surface area contributed by atoms with Gasteiger partial charge < -0.3 is 19.8 Å². The highest BCUT2D eigenvalue weighted by Gasteiger charge is 2.30. The first-order valence-electron chi connectivity index (χ1n) is 12.8. The van der Waals surface area contributed by atoms with Gasteiger partial charge in [0.05, 0.1) is 5.56 Å². The maximum absolute atomic E-state index is 12.7. The van der Waals surface area contributed by atoms with Crippen molar-refractivity contribution >= 4 is 17.6 Å². The third-order valence-corrected chi connectivity index (χ3v) is 7.61. The van der Waals surface area contributed by atoms with Gasteiger partial charge in [0, 0.05) is 46.5 Å². The number of aromatic nitrogens is 1. The van der Waals surface area contributed by atoms with Gasteiger partial charge in [-0.05, 0) is 68.1 Å². The summed E-state index contributed by atoms with van der Waals surface area (Å²) in [5.74, 6) is 2.11. The molecule has 7 heteroatoms. The normalized spacial score (nSPS) is 18.4. The number of aryl methyl sites for hydroxylation is 1. The van der Waals surface area contributed by atoms with E-state index >= 15 is 0 Å². The molecule has 1 aromatic carbocycles. The summed E-state index contributed by atoms with van der Waals surface area (Å²) in [6, 6.07) is 11.2. The maximum Gasteiger partial charge on any atom is 0.256 e. The lowest BCUT2D eigenvalue weighted by Gasteiger charge is -2.37. The average Bonchev–Trinajstić information content (AvgIpc) is 2.88. The number of pyridine rings is 1. The summed E-state index contributed by atoms with van der Waals surface area (Å²) >= 11 is 0. The third-order valence-electron chi connectivity index (χ3n) is 7.61. The minimum atomic E-state index is -1.07. The maximum atomic E-state index is 12.7. The van der Waals surface area contributed by atoms with E-state index in [0.717, 1.165) is 63.2 Å². The van der Waals surface area contributed by atoms with Crippen molar-refractivity contribution in [3.63, 3.8) is 0 Å². The SMILES string of the molecule is Cc1cc(N2CCC(CC3CCN(C(=O)[C@H](O)c4ccccc4)CC3)CC2)ncc1C(=O)N(C)C. The van der Waals surface area contributed by atoms with Crippen molar-refractivity contribution in [2.45, 2.75) is 45.1 Å². The minimum absolute atomic E-state index is 0.0115.